The predicted molar refractivity (Wildman–Crippen MR) is 86.0 cm³/mol. The Morgan fingerprint density at radius 3 is 2.68 bits per heavy atom. The van der Waals surface area contributed by atoms with Crippen LogP contribution < -0.4 is 10.1 Å². The summed E-state index contributed by atoms with van der Waals surface area (Å²) in [4.78, 5) is 25.1. The van der Waals surface area contributed by atoms with Crippen molar-refractivity contribution in [2.24, 2.45) is 0 Å². The van der Waals surface area contributed by atoms with Crippen LogP contribution in [0.4, 0.5) is 5.69 Å². The van der Waals surface area contributed by atoms with Gasteiger partial charge in [0.25, 0.3) is 5.91 Å². The molecule has 1 N–H and O–H groups in total. The Hall–Kier alpha value is -2.05. The van der Waals surface area contributed by atoms with E-state index in [9.17, 15) is 9.59 Å². The summed E-state index contributed by atoms with van der Waals surface area (Å²) in [6.07, 6.45) is 0. The summed E-state index contributed by atoms with van der Waals surface area (Å²) >= 11 is 7.19. The quantitative estimate of drug-likeness (QED) is 0.846. The van der Waals surface area contributed by atoms with Crippen molar-refractivity contribution < 1.29 is 19.1 Å². The Kier molecular flexibility index (Phi) is 5.41. The summed E-state index contributed by atoms with van der Waals surface area (Å²) in [5.41, 5.74) is 0.419. The molecule has 5 nitrogen and oxygen atoms in total. The van der Waals surface area contributed by atoms with Crippen LogP contribution in [0.25, 0.3) is 0 Å². The van der Waals surface area contributed by atoms with E-state index in [2.05, 4.69) is 5.32 Å². The minimum atomic E-state index is -0.522. The zero-order valence-electron chi connectivity index (χ0n) is 12.0. The Morgan fingerprint density at radius 2 is 2.05 bits per heavy atom. The number of carbonyl (C=O) groups excluding carboxylic acids is 2. The molecule has 1 aromatic carbocycles. The summed E-state index contributed by atoms with van der Waals surface area (Å²) in [7, 11) is 1.48. The molecule has 2 aromatic rings. The van der Waals surface area contributed by atoms with Crippen LogP contribution in [0.2, 0.25) is 5.02 Å². The number of esters is 1. The van der Waals surface area contributed by atoms with E-state index in [0.29, 0.717) is 21.3 Å². The summed E-state index contributed by atoms with van der Waals surface area (Å²) in [5, 5.41) is 3.05. The molecule has 0 spiro atoms. The molecule has 1 amide bonds. The SMILES string of the molecule is COc1ccc(Cl)cc1NC(=O)COC(=O)c1ccc(C)s1. The first-order valence-corrected chi connectivity index (χ1v) is 7.56. The first-order valence-electron chi connectivity index (χ1n) is 6.36. The van der Waals surface area contributed by atoms with Gasteiger partial charge in [0.05, 0.1) is 12.8 Å². The lowest BCUT2D eigenvalue weighted by Gasteiger charge is -2.10. The molecule has 0 saturated heterocycles. The summed E-state index contributed by atoms with van der Waals surface area (Å²) < 4.78 is 10.1. The maximum Gasteiger partial charge on any atom is 0.348 e. The fourth-order valence-corrected chi connectivity index (χ4v) is 2.64. The molecule has 0 saturated carbocycles. The van der Waals surface area contributed by atoms with Crippen molar-refractivity contribution in [2.45, 2.75) is 6.92 Å². The molecule has 116 valence electrons. The topological polar surface area (TPSA) is 64.6 Å². The molecule has 0 atom stereocenters. The monoisotopic (exact) mass is 339 g/mol. The summed E-state index contributed by atoms with van der Waals surface area (Å²) in [6.45, 7) is 1.50. The molecule has 7 heteroatoms. The number of benzene rings is 1. The molecule has 0 aliphatic heterocycles. The van der Waals surface area contributed by atoms with Gasteiger partial charge in [0.1, 0.15) is 10.6 Å². The third-order valence-electron chi connectivity index (χ3n) is 2.71. The van der Waals surface area contributed by atoms with E-state index >= 15 is 0 Å². The zero-order valence-corrected chi connectivity index (χ0v) is 13.6. The van der Waals surface area contributed by atoms with E-state index in [-0.39, 0.29) is 6.61 Å². The number of methoxy groups -OCH3 is 1. The van der Waals surface area contributed by atoms with Crippen molar-refractivity contribution in [1.29, 1.82) is 0 Å². The third kappa shape index (κ3) is 4.22. The smallest absolute Gasteiger partial charge is 0.348 e. The van der Waals surface area contributed by atoms with Gasteiger partial charge < -0.3 is 14.8 Å². The van der Waals surface area contributed by atoms with Gasteiger partial charge in [-0.25, -0.2) is 4.79 Å². The largest absolute Gasteiger partial charge is 0.495 e. The first-order chi connectivity index (χ1) is 10.5. The average Bonchev–Trinajstić information content (AvgIpc) is 2.92. The number of amides is 1. The highest BCUT2D eigenvalue weighted by molar-refractivity contribution is 7.13. The van der Waals surface area contributed by atoms with E-state index in [1.807, 2.05) is 13.0 Å². The number of nitrogens with one attached hydrogen (secondary N) is 1. The number of halogens is 1. The van der Waals surface area contributed by atoms with Gasteiger partial charge in [0.15, 0.2) is 6.61 Å². The van der Waals surface area contributed by atoms with Crippen LogP contribution in [0.3, 0.4) is 0 Å². The van der Waals surface area contributed by atoms with Crippen LogP contribution >= 0.6 is 22.9 Å². The molecular formula is C15H14ClNO4S. The molecule has 0 aliphatic rings. The first kappa shape index (κ1) is 16.3. The van der Waals surface area contributed by atoms with Crippen molar-refractivity contribution in [3.8, 4) is 5.75 Å². The average molecular weight is 340 g/mol. The second-order valence-electron chi connectivity index (χ2n) is 4.38. The van der Waals surface area contributed by atoms with Gasteiger partial charge in [-0.05, 0) is 37.3 Å². The van der Waals surface area contributed by atoms with Crippen molar-refractivity contribution in [2.75, 3.05) is 19.0 Å². The lowest BCUT2D eigenvalue weighted by molar-refractivity contribution is -0.119. The molecule has 0 bridgehead atoms. The maximum absolute atomic E-state index is 11.8. The second-order valence-corrected chi connectivity index (χ2v) is 6.10. The molecule has 0 fully saturated rings. The van der Waals surface area contributed by atoms with Crippen molar-refractivity contribution in [1.82, 2.24) is 0 Å². The standard InChI is InChI=1S/C15H14ClNO4S/c1-9-3-6-13(22-9)15(19)21-8-14(18)17-11-7-10(16)4-5-12(11)20-2/h3-7H,8H2,1-2H3,(H,17,18). The van der Waals surface area contributed by atoms with Gasteiger partial charge in [-0.15, -0.1) is 11.3 Å². The lowest BCUT2D eigenvalue weighted by Crippen LogP contribution is -2.20. The molecule has 2 rings (SSSR count). The summed E-state index contributed by atoms with van der Waals surface area (Å²) in [6, 6.07) is 8.33. The van der Waals surface area contributed by atoms with Crippen LogP contribution in [0.5, 0.6) is 5.75 Å². The van der Waals surface area contributed by atoms with Crippen molar-refractivity contribution in [3.63, 3.8) is 0 Å². The number of hydrogen-bond acceptors (Lipinski definition) is 5. The fraction of sp³-hybridized carbons (Fsp3) is 0.200. The van der Waals surface area contributed by atoms with E-state index in [0.717, 1.165) is 4.88 Å². The number of thiophene rings is 1. The minimum absolute atomic E-state index is 0.383. The van der Waals surface area contributed by atoms with Gasteiger partial charge in [0, 0.05) is 9.90 Å². The Bertz CT molecular complexity index is 699. The number of carbonyl (C=O) groups is 2. The number of anilines is 1. The fourth-order valence-electron chi connectivity index (χ4n) is 1.71. The molecule has 1 heterocycles. The molecular weight excluding hydrogens is 326 g/mol. The lowest BCUT2D eigenvalue weighted by atomic mass is 10.3. The van der Waals surface area contributed by atoms with Gasteiger partial charge >= 0.3 is 5.97 Å². The molecule has 1 aromatic heterocycles. The maximum atomic E-state index is 11.8. The minimum Gasteiger partial charge on any atom is -0.495 e. The number of ether oxygens (including phenoxy) is 2. The van der Waals surface area contributed by atoms with Crippen molar-refractivity contribution in [3.05, 3.63) is 45.1 Å². The molecule has 22 heavy (non-hydrogen) atoms. The number of rotatable bonds is 5. The Morgan fingerprint density at radius 1 is 1.27 bits per heavy atom. The van der Waals surface area contributed by atoms with Crippen LogP contribution in [0.1, 0.15) is 14.5 Å². The van der Waals surface area contributed by atoms with Gasteiger partial charge in [-0.1, -0.05) is 11.6 Å². The number of hydrogen-bond donors (Lipinski definition) is 1. The molecule has 0 aliphatic carbocycles. The van der Waals surface area contributed by atoms with E-state index in [4.69, 9.17) is 21.1 Å². The van der Waals surface area contributed by atoms with Gasteiger partial charge in [-0.3, -0.25) is 4.79 Å². The normalized spacial score (nSPS) is 10.1. The van der Waals surface area contributed by atoms with Crippen LogP contribution in [-0.2, 0) is 9.53 Å². The van der Waals surface area contributed by atoms with Gasteiger partial charge in [-0.2, -0.15) is 0 Å². The van der Waals surface area contributed by atoms with Gasteiger partial charge in [0.2, 0.25) is 0 Å². The zero-order chi connectivity index (χ0) is 16.1. The van der Waals surface area contributed by atoms with E-state index < -0.39 is 11.9 Å². The molecule has 0 unspecified atom stereocenters. The predicted octanol–water partition coefficient (Wildman–Crippen LogP) is 3.51. The van der Waals surface area contributed by atoms with Crippen molar-refractivity contribution >= 4 is 40.5 Å². The highest BCUT2D eigenvalue weighted by Gasteiger charge is 2.13. The van der Waals surface area contributed by atoms with Crippen LogP contribution in [-0.4, -0.2) is 25.6 Å². The highest BCUT2D eigenvalue weighted by atomic mass is 35.5. The summed E-state index contributed by atoms with van der Waals surface area (Å²) in [5.74, 6) is -0.522. The second kappa shape index (κ2) is 7.29. The van der Waals surface area contributed by atoms with Crippen LogP contribution in [0, 0.1) is 6.92 Å². The third-order valence-corrected chi connectivity index (χ3v) is 3.93. The van der Waals surface area contributed by atoms with E-state index in [1.54, 1.807) is 24.3 Å². The number of aryl methyl sites for hydroxylation is 1. The highest BCUT2D eigenvalue weighted by Crippen LogP contribution is 2.27. The molecule has 0 radical (unpaired) electrons. The van der Waals surface area contributed by atoms with Crippen LogP contribution in [0.15, 0.2) is 30.3 Å². The Balaban J connectivity index is 1.93. The Labute approximate surface area is 136 Å². The van der Waals surface area contributed by atoms with E-state index in [1.165, 1.54) is 18.4 Å².